The average Bonchev–Trinajstić information content (AvgIpc) is 2.55. The zero-order valence-corrected chi connectivity index (χ0v) is 12.3. The van der Waals surface area contributed by atoms with Gasteiger partial charge in [-0.2, -0.15) is 0 Å². The molecule has 0 unspecified atom stereocenters. The molecular formula is C15H12ClNO5. The molecule has 6 nitrogen and oxygen atoms in total. The van der Waals surface area contributed by atoms with Gasteiger partial charge >= 0.3 is 5.97 Å². The minimum atomic E-state index is -0.690. The van der Waals surface area contributed by atoms with E-state index in [0.717, 1.165) is 0 Å². The molecule has 0 aliphatic carbocycles. The fraction of sp³-hybridized carbons (Fsp3) is 0.0667. The summed E-state index contributed by atoms with van der Waals surface area (Å²) in [5.41, 5.74) is 0.763. The molecule has 2 aromatic carbocycles. The van der Waals surface area contributed by atoms with Crippen LogP contribution in [0.2, 0.25) is 0 Å². The van der Waals surface area contributed by atoms with Crippen LogP contribution in [0.5, 0.6) is 11.5 Å². The number of halogens is 1. The van der Waals surface area contributed by atoms with E-state index in [-0.39, 0.29) is 16.9 Å². The monoisotopic (exact) mass is 321 g/mol. The second-order valence-corrected chi connectivity index (χ2v) is 4.43. The first kappa shape index (κ1) is 15.7. The Morgan fingerprint density at radius 1 is 1.14 bits per heavy atom. The minimum Gasteiger partial charge on any atom is -0.507 e. The summed E-state index contributed by atoms with van der Waals surface area (Å²) in [5, 5.41) is 12.3. The molecule has 0 spiro atoms. The second kappa shape index (κ2) is 6.82. The van der Waals surface area contributed by atoms with Gasteiger partial charge in [0, 0.05) is 5.69 Å². The molecule has 7 heteroatoms. The molecule has 114 valence electrons. The van der Waals surface area contributed by atoms with E-state index < -0.39 is 11.9 Å². The number of hydrogen-bond donors (Lipinski definition) is 2. The molecule has 0 heterocycles. The second-order valence-electron chi connectivity index (χ2n) is 4.28. The number of hydrogen-bond acceptors (Lipinski definition) is 5. The summed E-state index contributed by atoms with van der Waals surface area (Å²) in [6.45, 7) is 0. The van der Waals surface area contributed by atoms with Crippen LogP contribution in [0.3, 0.4) is 0 Å². The predicted molar refractivity (Wildman–Crippen MR) is 80.3 cm³/mol. The van der Waals surface area contributed by atoms with Gasteiger partial charge in [-0.15, -0.1) is 0 Å². The molecule has 1 amide bonds. The molecule has 2 N–H and O–H groups in total. The lowest BCUT2D eigenvalue weighted by molar-refractivity contribution is 0.0751. The number of phenols is 1. The van der Waals surface area contributed by atoms with E-state index in [9.17, 15) is 14.7 Å². The van der Waals surface area contributed by atoms with Crippen LogP contribution in [-0.4, -0.2) is 24.1 Å². The molecule has 0 atom stereocenters. The molecule has 0 fully saturated rings. The maximum Gasteiger partial charge on any atom is 0.356 e. The van der Waals surface area contributed by atoms with Crippen LogP contribution in [0.25, 0.3) is 0 Å². The number of nitrogens with one attached hydrogen (secondary N) is 1. The van der Waals surface area contributed by atoms with Gasteiger partial charge in [-0.05, 0) is 42.5 Å². The van der Waals surface area contributed by atoms with E-state index >= 15 is 0 Å². The number of methoxy groups -OCH3 is 1. The summed E-state index contributed by atoms with van der Waals surface area (Å²) in [5.74, 6) is -0.919. The van der Waals surface area contributed by atoms with Crippen LogP contribution >= 0.6 is 11.9 Å². The molecule has 0 saturated heterocycles. The Morgan fingerprint density at radius 3 is 2.41 bits per heavy atom. The van der Waals surface area contributed by atoms with Crippen LogP contribution in [0.4, 0.5) is 5.69 Å². The smallest absolute Gasteiger partial charge is 0.356 e. The predicted octanol–water partition coefficient (Wildman–Crippen LogP) is 2.96. The highest BCUT2D eigenvalue weighted by molar-refractivity contribution is 6.15. The van der Waals surface area contributed by atoms with Gasteiger partial charge in [0.2, 0.25) is 0 Å². The summed E-state index contributed by atoms with van der Waals surface area (Å²) in [7, 11) is 1.46. The fourth-order valence-electron chi connectivity index (χ4n) is 1.76. The van der Waals surface area contributed by atoms with Crippen molar-refractivity contribution in [2.45, 2.75) is 0 Å². The lowest BCUT2D eigenvalue weighted by atomic mass is 10.1. The summed E-state index contributed by atoms with van der Waals surface area (Å²) in [6, 6.07) is 10.3. The molecule has 0 saturated carbocycles. The third kappa shape index (κ3) is 3.48. The number of ether oxygens (including phenoxy) is 1. The summed E-state index contributed by atoms with van der Waals surface area (Å²) >= 11 is 4.98. The molecule has 0 aliphatic rings. The third-order valence-corrected chi connectivity index (χ3v) is 3.04. The van der Waals surface area contributed by atoms with E-state index in [1.54, 1.807) is 6.07 Å². The molecule has 2 rings (SSSR count). The van der Waals surface area contributed by atoms with E-state index in [0.29, 0.717) is 11.4 Å². The molecular weight excluding hydrogens is 310 g/mol. The number of benzene rings is 2. The van der Waals surface area contributed by atoms with Crippen molar-refractivity contribution in [3.8, 4) is 11.5 Å². The number of amides is 1. The Kier molecular flexibility index (Phi) is 4.85. The number of aromatic hydroxyl groups is 1. The zero-order valence-electron chi connectivity index (χ0n) is 11.5. The Morgan fingerprint density at radius 2 is 1.82 bits per heavy atom. The molecule has 0 aliphatic heterocycles. The van der Waals surface area contributed by atoms with Crippen molar-refractivity contribution in [3.63, 3.8) is 0 Å². The molecule has 2 aromatic rings. The van der Waals surface area contributed by atoms with E-state index in [1.807, 2.05) is 0 Å². The normalized spacial score (nSPS) is 9.91. The number of anilines is 1. The Labute approximate surface area is 131 Å². The standard InChI is InChI=1S/C15H12ClNO5/c1-21-11-6-7-13(18)12(8-11)14(19)17-10-4-2-9(3-5-10)15(20)22-16/h2-8,18H,1H3,(H,17,19). The van der Waals surface area contributed by atoms with Gasteiger partial charge in [-0.1, -0.05) is 0 Å². The van der Waals surface area contributed by atoms with Gasteiger partial charge in [0.05, 0.1) is 18.2 Å². The van der Waals surface area contributed by atoms with E-state index in [1.165, 1.54) is 43.5 Å². The topological polar surface area (TPSA) is 84.9 Å². The first-order valence-corrected chi connectivity index (χ1v) is 6.47. The average molecular weight is 322 g/mol. The molecule has 0 radical (unpaired) electrons. The van der Waals surface area contributed by atoms with Crippen molar-refractivity contribution in [1.82, 2.24) is 0 Å². The van der Waals surface area contributed by atoms with Crippen LogP contribution in [-0.2, 0) is 4.29 Å². The number of carbonyl (C=O) groups is 2. The van der Waals surface area contributed by atoms with Gasteiger partial charge in [0.15, 0.2) is 0 Å². The Bertz CT molecular complexity index is 700. The van der Waals surface area contributed by atoms with Gasteiger partial charge in [-0.3, -0.25) is 4.79 Å². The largest absolute Gasteiger partial charge is 0.507 e. The number of rotatable bonds is 4. The summed E-state index contributed by atoms with van der Waals surface area (Å²) < 4.78 is 9.08. The molecule has 0 aromatic heterocycles. The van der Waals surface area contributed by atoms with Crippen LogP contribution in [0.15, 0.2) is 42.5 Å². The van der Waals surface area contributed by atoms with Gasteiger partial charge in [0.25, 0.3) is 5.91 Å². The lowest BCUT2D eigenvalue weighted by Crippen LogP contribution is -2.12. The van der Waals surface area contributed by atoms with Crippen molar-refractivity contribution in [2.75, 3.05) is 12.4 Å². The molecule has 0 bridgehead atoms. The van der Waals surface area contributed by atoms with Gasteiger partial charge in [0.1, 0.15) is 23.4 Å². The van der Waals surface area contributed by atoms with Gasteiger partial charge < -0.3 is 19.4 Å². The van der Waals surface area contributed by atoms with Gasteiger partial charge in [-0.25, -0.2) is 4.79 Å². The van der Waals surface area contributed by atoms with Crippen molar-refractivity contribution in [2.24, 2.45) is 0 Å². The summed E-state index contributed by atoms with van der Waals surface area (Å²) in [6.07, 6.45) is 0. The quantitative estimate of drug-likeness (QED) is 0.904. The van der Waals surface area contributed by atoms with Crippen molar-refractivity contribution in [3.05, 3.63) is 53.6 Å². The maximum atomic E-state index is 12.1. The van der Waals surface area contributed by atoms with Crippen LogP contribution < -0.4 is 10.1 Å². The maximum absolute atomic E-state index is 12.1. The van der Waals surface area contributed by atoms with Crippen molar-refractivity contribution >= 4 is 29.4 Å². The Hall–Kier alpha value is -2.73. The van der Waals surface area contributed by atoms with Crippen LogP contribution in [0.1, 0.15) is 20.7 Å². The Balaban J connectivity index is 2.17. The highest BCUT2D eigenvalue weighted by Crippen LogP contribution is 2.24. The van der Waals surface area contributed by atoms with E-state index in [4.69, 9.17) is 16.6 Å². The highest BCUT2D eigenvalue weighted by Gasteiger charge is 2.13. The lowest BCUT2D eigenvalue weighted by Gasteiger charge is -2.09. The molecule has 22 heavy (non-hydrogen) atoms. The highest BCUT2D eigenvalue weighted by atomic mass is 35.5. The number of phenolic OH excluding ortho intramolecular Hbond substituents is 1. The fourth-order valence-corrected chi connectivity index (χ4v) is 1.85. The van der Waals surface area contributed by atoms with E-state index in [2.05, 4.69) is 9.61 Å². The first-order chi connectivity index (χ1) is 10.5. The first-order valence-electron chi connectivity index (χ1n) is 6.16. The van der Waals surface area contributed by atoms with Crippen molar-refractivity contribution < 1.29 is 23.7 Å². The third-order valence-electron chi connectivity index (χ3n) is 2.90. The summed E-state index contributed by atoms with van der Waals surface area (Å²) in [4.78, 5) is 23.3. The van der Waals surface area contributed by atoms with Crippen LogP contribution in [0, 0.1) is 0 Å². The minimum absolute atomic E-state index is 0.0728. The van der Waals surface area contributed by atoms with Crippen molar-refractivity contribution in [1.29, 1.82) is 0 Å². The SMILES string of the molecule is COc1ccc(O)c(C(=O)Nc2ccc(C(=O)OCl)cc2)c1. The number of carbonyl (C=O) groups excluding carboxylic acids is 2. The zero-order chi connectivity index (χ0) is 16.1.